The highest BCUT2D eigenvalue weighted by molar-refractivity contribution is 7.89. The Labute approximate surface area is 188 Å². The molecule has 0 saturated carbocycles. The number of nitrogens with zero attached hydrogens (tertiary/aromatic N) is 2. The molecule has 1 fully saturated rings. The zero-order valence-corrected chi connectivity index (χ0v) is 19.6. The summed E-state index contributed by atoms with van der Waals surface area (Å²) in [4.78, 5) is 38.4. The van der Waals surface area contributed by atoms with Crippen molar-refractivity contribution >= 4 is 39.1 Å². The van der Waals surface area contributed by atoms with Crippen LogP contribution in [0.4, 0.5) is 11.4 Å². The van der Waals surface area contributed by atoms with E-state index < -0.39 is 33.4 Å². The van der Waals surface area contributed by atoms with E-state index in [0.29, 0.717) is 11.4 Å². The average molecular weight is 458 g/mol. The molecule has 1 saturated heterocycles. The van der Waals surface area contributed by atoms with Crippen molar-refractivity contribution < 1.29 is 22.8 Å². The fourth-order valence-corrected chi connectivity index (χ4v) is 5.71. The first kappa shape index (κ1) is 23.6. The number of amides is 3. The first-order chi connectivity index (χ1) is 14.8. The van der Waals surface area contributed by atoms with Crippen LogP contribution in [-0.4, -0.2) is 42.0 Å². The second-order valence-electron chi connectivity index (χ2n) is 8.80. The van der Waals surface area contributed by atoms with Crippen LogP contribution in [0.3, 0.4) is 0 Å². The zero-order chi connectivity index (χ0) is 23.8. The van der Waals surface area contributed by atoms with E-state index in [9.17, 15) is 22.8 Å². The first-order valence-corrected chi connectivity index (χ1v) is 11.6. The molecule has 0 aromatic heterocycles. The molecule has 3 rings (SSSR count). The summed E-state index contributed by atoms with van der Waals surface area (Å²) in [6.45, 7) is 8.32. The molecule has 3 amide bonds. The summed E-state index contributed by atoms with van der Waals surface area (Å²) >= 11 is 0. The van der Waals surface area contributed by atoms with Crippen molar-refractivity contribution in [1.29, 1.82) is 0 Å². The summed E-state index contributed by atoms with van der Waals surface area (Å²) in [7, 11) is -4.05. The lowest BCUT2D eigenvalue weighted by molar-refractivity contribution is -0.122. The highest BCUT2D eigenvalue weighted by Crippen LogP contribution is 2.34. The number of anilines is 2. The number of aryl methyl sites for hydroxylation is 1. The number of benzene rings is 2. The third kappa shape index (κ3) is 4.58. The van der Waals surface area contributed by atoms with Gasteiger partial charge in [-0.25, -0.2) is 13.3 Å². The number of carbonyl (C=O) groups excluding carboxylic acids is 3. The lowest BCUT2D eigenvalue weighted by Gasteiger charge is -2.37. The summed E-state index contributed by atoms with van der Waals surface area (Å²) < 4.78 is 28.2. The van der Waals surface area contributed by atoms with Crippen LogP contribution in [0.25, 0.3) is 0 Å². The fraction of sp³-hybridized carbons (Fsp3) is 0.348. The van der Waals surface area contributed by atoms with Crippen molar-refractivity contribution in [3.8, 4) is 0 Å². The van der Waals surface area contributed by atoms with Crippen molar-refractivity contribution in [2.24, 2.45) is 0 Å². The Balaban J connectivity index is 1.98. The predicted octanol–water partition coefficient (Wildman–Crippen LogP) is 3.07. The van der Waals surface area contributed by atoms with E-state index in [0.717, 1.165) is 14.8 Å². The van der Waals surface area contributed by atoms with Crippen molar-refractivity contribution in [3.63, 3.8) is 0 Å². The van der Waals surface area contributed by atoms with Crippen LogP contribution in [0, 0.1) is 6.92 Å². The Kier molecular flexibility index (Phi) is 6.26. The Morgan fingerprint density at radius 2 is 1.59 bits per heavy atom. The zero-order valence-electron chi connectivity index (χ0n) is 18.7. The molecule has 32 heavy (non-hydrogen) atoms. The van der Waals surface area contributed by atoms with Gasteiger partial charge < -0.3 is 5.32 Å². The van der Waals surface area contributed by atoms with Crippen LogP contribution in [0.5, 0.6) is 0 Å². The molecule has 8 nitrogen and oxygen atoms in total. The molecule has 1 heterocycles. The van der Waals surface area contributed by atoms with Crippen molar-refractivity contribution in [1.82, 2.24) is 4.31 Å². The summed E-state index contributed by atoms with van der Waals surface area (Å²) in [5.41, 5.74) is 0.802. The van der Waals surface area contributed by atoms with E-state index >= 15 is 0 Å². The van der Waals surface area contributed by atoms with Gasteiger partial charge in [0.25, 0.3) is 5.91 Å². The molecule has 0 radical (unpaired) electrons. The number of nitrogens with one attached hydrogen (secondary N) is 1. The van der Waals surface area contributed by atoms with E-state index in [4.69, 9.17) is 0 Å². The molecule has 1 aliphatic rings. The van der Waals surface area contributed by atoms with Crippen LogP contribution >= 0.6 is 0 Å². The van der Waals surface area contributed by atoms with Crippen LogP contribution in [0.1, 0.15) is 39.7 Å². The molecule has 170 valence electrons. The molecule has 0 spiro atoms. The molecule has 1 N–H and O–H groups in total. The minimum absolute atomic E-state index is 0.0661. The lowest BCUT2D eigenvalue weighted by Crippen LogP contribution is -2.54. The third-order valence-electron chi connectivity index (χ3n) is 5.09. The van der Waals surface area contributed by atoms with Gasteiger partial charge in [0.1, 0.15) is 6.04 Å². The van der Waals surface area contributed by atoms with Crippen LogP contribution < -0.4 is 10.2 Å². The number of hydrogen-bond donors (Lipinski definition) is 1. The maximum Gasteiger partial charge on any atom is 0.252 e. The van der Waals surface area contributed by atoms with Crippen LogP contribution in [-0.2, 0) is 24.4 Å². The molecular formula is C23H27N3O5S. The second-order valence-corrected chi connectivity index (χ2v) is 10.6. The van der Waals surface area contributed by atoms with Crippen molar-refractivity contribution in [3.05, 3.63) is 54.1 Å². The molecule has 9 heteroatoms. The van der Waals surface area contributed by atoms with Gasteiger partial charge in [0.05, 0.1) is 17.0 Å². The highest BCUT2D eigenvalue weighted by Gasteiger charge is 2.50. The minimum atomic E-state index is -4.05. The number of sulfonamides is 1. The molecule has 2 aromatic carbocycles. The quantitative estimate of drug-likeness (QED) is 0.695. The SMILES string of the molecule is CC(=O)Nc1ccc(N2C(=O)CC(N(C(C)(C)C)S(=O)(=O)c3ccc(C)cc3)C2=O)cc1. The maximum atomic E-state index is 13.5. The normalized spacial score (nSPS) is 17.2. The monoisotopic (exact) mass is 457 g/mol. The Hall–Kier alpha value is -3.04. The highest BCUT2D eigenvalue weighted by atomic mass is 32.2. The minimum Gasteiger partial charge on any atom is -0.326 e. The first-order valence-electron chi connectivity index (χ1n) is 10.2. The molecule has 1 aliphatic heterocycles. The Morgan fingerprint density at radius 1 is 1.03 bits per heavy atom. The molecule has 1 unspecified atom stereocenters. The van der Waals surface area contributed by atoms with Gasteiger partial charge in [-0.15, -0.1) is 0 Å². The largest absolute Gasteiger partial charge is 0.326 e. The number of rotatable bonds is 5. The lowest BCUT2D eigenvalue weighted by atomic mass is 10.1. The van der Waals surface area contributed by atoms with Gasteiger partial charge in [-0.05, 0) is 64.1 Å². The van der Waals surface area contributed by atoms with Gasteiger partial charge in [0.15, 0.2) is 0 Å². The maximum absolute atomic E-state index is 13.5. The van der Waals surface area contributed by atoms with E-state index in [1.165, 1.54) is 19.1 Å². The smallest absolute Gasteiger partial charge is 0.252 e. The molecule has 1 atom stereocenters. The summed E-state index contributed by atoms with van der Waals surface area (Å²) in [6, 6.07) is 11.5. The van der Waals surface area contributed by atoms with Gasteiger partial charge >= 0.3 is 0 Å². The van der Waals surface area contributed by atoms with E-state index in [-0.39, 0.29) is 17.2 Å². The van der Waals surface area contributed by atoms with Crippen molar-refractivity contribution in [2.75, 3.05) is 10.2 Å². The summed E-state index contributed by atoms with van der Waals surface area (Å²) in [6.07, 6.45) is -0.255. The molecular weight excluding hydrogens is 430 g/mol. The molecule has 2 aromatic rings. The summed E-state index contributed by atoms with van der Waals surface area (Å²) in [5.74, 6) is -1.33. The fourth-order valence-electron chi connectivity index (χ4n) is 3.79. The van der Waals surface area contributed by atoms with Gasteiger partial charge in [-0.3, -0.25) is 14.4 Å². The van der Waals surface area contributed by atoms with Gasteiger partial charge in [0.2, 0.25) is 21.8 Å². The van der Waals surface area contributed by atoms with E-state index in [2.05, 4.69) is 5.32 Å². The van der Waals surface area contributed by atoms with Gasteiger partial charge in [0, 0.05) is 18.2 Å². The Bertz CT molecular complexity index is 1150. The van der Waals surface area contributed by atoms with E-state index in [1.54, 1.807) is 57.2 Å². The average Bonchev–Trinajstić information content (AvgIpc) is 2.95. The topological polar surface area (TPSA) is 104 Å². The third-order valence-corrected chi connectivity index (χ3v) is 7.28. The van der Waals surface area contributed by atoms with Crippen molar-refractivity contribution in [2.45, 2.75) is 57.5 Å². The standard InChI is InChI=1S/C23H27N3O5S/c1-15-6-12-19(13-7-15)32(30,31)26(23(3,4)5)20-14-21(28)25(22(20)29)18-10-8-17(9-11-18)24-16(2)27/h6-13,20H,14H2,1-5H3,(H,24,27). The van der Waals surface area contributed by atoms with Crippen LogP contribution in [0.15, 0.2) is 53.4 Å². The van der Waals surface area contributed by atoms with Crippen LogP contribution in [0.2, 0.25) is 0 Å². The van der Waals surface area contributed by atoms with Gasteiger partial charge in [-0.1, -0.05) is 17.7 Å². The second kappa shape index (κ2) is 8.48. The van der Waals surface area contributed by atoms with E-state index in [1.807, 2.05) is 6.92 Å². The summed E-state index contributed by atoms with van der Waals surface area (Å²) in [5, 5.41) is 2.62. The number of hydrogen-bond acceptors (Lipinski definition) is 5. The number of carbonyl (C=O) groups is 3. The molecule has 0 aliphatic carbocycles. The Morgan fingerprint density at radius 3 is 2.09 bits per heavy atom. The molecule has 0 bridgehead atoms. The predicted molar refractivity (Wildman–Crippen MR) is 122 cm³/mol. The number of imide groups is 1. The van der Waals surface area contributed by atoms with Gasteiger partial charge in [-0.2, -0.15) is 4.31 Å².